The molecule has 21 heavy (non-hydrogen) atoms. The standard InChI is InChI=1S/C12H18N4O5/c1-13-11-7-9(10(8-15-11)16(18)19)12(17)14-3-4-21-6-5-20-2/h7-8H,3-6H2,1-2H3,(H,13,15)(H,14,17). The molecule has 9 nitrogen and oxygen atoms in total. The van der Waals surface area contributed by atoms with Crippen LogP contribution in [0, 0.1) is 10.1 Å². The highest BCUT2D eigenvalue weighted by Crippen LogP contribution is 2.19. The molecule has 9 heteroatoms. The van der Waals surface area contributed by atoms with Gasteiger partial charge >= 0.3 is 0 Å². The van der Waals surface area contributed by atoms with Crippen LogP contribution in [-0.4, -0.2) is 56.3 Å². The molecule has 2 N–H and O–H groups in total. The van der Waals surface area contributed by atoms with E-state index in [1.54, 1.807) is 14.2 Å². The Hall–Kier alpha value is -2.26. The molecule has 0 saturated carbocycles. The average Bonchev–Trinajstić information content (AvgIpc) is 2.49. The second kappa shape index (κ2) is 8.82. The number of hydrogen-bond donors (Lipinski definition) is 2. The number of methoxy groups -OCH3 is 1. The van der Waals surface area contributed by atoms with Crippen LogP contribution in [0.25, 0.3) is 0 Å². The average molecular weight is 298 g/mol. The number of hydrogen-bond acceptors (Lipinski definition) is 7. The first-order valence-electron chi connectivity index (χ1n) is 6.27. The van der Waals surface area contributed by atoms with E-state index in [0.717, 1.165) is 6.20 Å². The summed E-state index contributed by atoms with van der Waals surface area (Å²) in [5, 5.41) is 16.2. The van der Waals surface area contributed by atoms with Crippen molar-refractivity contribution in [1.29, 1.82) is 0 Å². The maximum Gasteiger partial charge on any atom is 0.300 e. The molecular formula is C12H18N4O5. The normalized spacial score (nSPS) is 10.2. The molecule has 0 aliphatic heterocycles. The van der Waals surface area contributed by atoms with Crippen molar-refractivity contribution in [1.82, 2.24) is 10.3 Å². The molecule has 1 heterocycles. The van der Waals surface area contributed by atoms with Gasteiger partial charge in [0.1, 0.15) is 17.6 Å². The number of nitrogens with one attached hydrogen (secondary N) is 2. The smallest absolute Gasteiger partial charge is 0.300 e. The molecule has 0 spiro atoms. The molecule has 0 aliphatic carbocycles. The summed E-state index contributed by atoms with van der Waals surface area (Å²) in [5.41, 5.74) is -0.386. The summed E-state index contributed by atoms with van der Waals surface area (Å²) < 4.78 is 9.99. The molecule has 0 fully saturated rings. The quantitative estimate of drug-likeness (QED) is 0.385. The Morgan fingerprint density at radius 2 is 2.19 bits per heavy atom. The number of pyridine rings is 1. The van der Waals surface area contributed by atoms with Crippen molar-refractivity contribution in [2.24, 2.45) is 0 Å². The van der Waals surface area contributed by atoms with Crippen molar-refractivity contribution < 1.29 is 19.2 Å². The van der Waals surface area contributed by atoms with Crippen LogP contribution in [0.1, 0.15) is 10.4 Å². The van der Waals surface area contributed by atoms with Crippen LogP contribution in [-0.2, 0) is 9.47 Å². The van der Waals surface area contributed by atoms with Crippen LogP contribution in [0.2, 0.25) is 0 Å². The van der Waals surface area contributed by atoms with Gasteiger partial charge < -0.3 is 20.1 Å². The fourth-order valence-corrected chi connectivity index (χ4v) is 1.49. The lowest BCUT2D eigenvalue weighted by molar-refractivity contribution is -0.385. The first-order valence-corrected chi connectivity index (χ1v) is 6.27. The van der Waals surface area contributed by atoms with E-state index >= 15 is 0 Å². The number of anilines is 1. The minimum absolute atomic E-state index is 0.0451. The number of carbonyl (C=O) groups excluding carboxylic acids is 1. The van der Waals surface area contributed by atoms with Crippen LogP contribution in [0.3, 0.4) is 0 Å². The largest absolute Gasteiger partial charge is 0.382 e. The Morgan fingerprint density at radius 3 is 2.81 bits per heavy atom. The predicted octanol–water partition coefficient (Wildman–Crippen LogP) is 0.424. The lowest BCUT2D eigenvalue weighted by atomic mass is 10.2. The van der Waals surface area contributed by atoms with Gasteiger partial charge in [-0.05, 0) is 0 Å². The summed E-state index contributed by atoms with van der Waals surface area (Å²) in [4.78, 5) is 26.1. The van der Waals surface area contributed by atoms with E-state index in [2.05, 4.69) is 15.6 Å². The van der Waals surface area contributed by atoms with E-state index in [9.17, 15) is 14.9 Å². The summed E-state index contributed by atoms with van der Waals surface area (Å²) in [7, 11) is 3.17. The fraction of sp³-hybridized carbons (Fsp3) is 0.500. The zero-order chi connectivity index (χ0) is 15.7. The topological polar surface area (TPSA) is 116 Å². The van der Waals surface area contributed by atoms with Crippen LogP contribution in [0.5, 0.6) is 0 Å². The van der Waals surface area contributed by atoms with E-state index in [4.69, 9.17) is 9.47 Å². The third-order valence-electron chi connectivity index (χ3n) is 2.54. The fourth-order valence-electron chi connectivity index (χ4n) is 1.49. The first-order chi connectivity index (χ1) is 10.1. The zero-order valence-corrected chi connectivity index (χ0v) is 11.9. The highest BCUT2D eigenvalue weighted by Gasteiger charge is 2.21. The number of rotatable bonds is 9. The third kappa shape index (κ3) is 5.32. The Kier molecular flexibility index (Phi) is 7.05. The molecular weight excluding hydrogens is 280 g/mol. The van der Waals surface area contributed by atoms with Gasteiger partial charge in [0.25, 0.3) is 11.6 Å². The van der Waals surface area contributed by atoms with Gasteiger partial charge in [-0.2, -0.15) is 0 Å². The Bertz CT molecular complexity index is 495. The summed E-state index contributed by atoms with van der Waals surface area (Å²) in [5.74, 6) is -0.168. The van der Waals surface area contributed by atoms with Crippen LogP contribution in [0.15, 0.2) is 12.3 Å². The minimum atomic E-state index is -0.642. The lowest BCUT2D eigenvalue weighted by Crippen LogP contribution is -2.28. The Balaban J connectivity index is 2.61. The summed E-state index contributed by atoms with van der Waals surface area (Å²) in [6.45, 7) is 1.44. The van der Waals surface area contributed by atoms with E-state index < -0.39 is 10.8 Å². The predicted molar refractivity (Wildman–Crippen MR) is 75.5 cm³/mol. The molecule has 116 valence electrons. The second-order valence-corrected chi connectivity index (χ2v) is 3.95. The maximum absolute atomic E-state index is 12.0. The summed E-state index contributed by atoms with van der Waals surface area (Å²) in [6.07, 6.45) is 1.05. The van der Waals surface area contributed by atoms with E-state index in [-0.39, 0.29) is 17.8 Å². The van der Waals surface area contributed by atoms with Gasteiger partial charge in [0.15, 0.2) is 0 Å². The molecule has 1 aromatic rings. The van der Waals surface area contributed by atoms with E-state index in [0.29, 0.717) is 25.6 Å². The van der Waals surface area contributed by atoms with Crippen LogP contribution < -0.4 is 10.6 Å². The number of carbonyl (C=O) groups is 1. The molecule has 0 radical (unpaired) electrons. The molecule has 0 saturated heterocycles. The van der Waals surface area contributed by atoms with Crippen molar-refractivity contribution >= 4 is 17.4 Å². The minimum Gasteiger partial charge on any atom is -0.382 e. The van der Waals surface area contributed by atoms with Crippen molar-refractivity contribution in [3.8, 4) is 0 Å². The van der Waals surface area contributed by atoms with Crippen molar-refractivity contribution in [3.05, 3.63) is 27.9 Å². The monoisotopic (exact) mass is 298 g/mol. The van der Waals surface area contributed by atoms with Gasteiger partial charge in [0.2, 0.25) is 0 Å². The van der Waals surface area contributed by atoms with Gasteiger partial charge in [-0.15, -0.1) is 0 Å². The van der Waals surface area contributed by atoms with Gasteiger partial charge in [-0.25, -0.2) is 4.98 Å². The SMILES string of the molecule is CNc1cc(C(=O)NCCOCCOC)c([N+](=O)[O-])cn1. The molecule has 0 aliphatic rings. The Morgan fingerprint density at radius 1 is 1.43 bits per heavy atom. The number of aromatic nitrogens is 1. The number of nitrogens with zero attached hydrogens (tertiary/aromatic N) is 2. The third-order valence-corrected chi connectivity index (χ3v) is 2.54. The zero-order valence-electron chi connectivity index (χ0n) is 11.9. The molecule has 0 atom stereocenters. The maximum atomic E-state index is 12.0. The molecule has 1 aromatic heterocycles. The van der Waals surface area contributed by atoms with Gasteiger partial charge in [0.05, 0.1) is 24.7 Å². The summed E-state index contributed by atoms with van der Waals surface area (Å²) in [6, 6.07) is 1.33. The van der Waals surface area contributed by atoms with Crippen molar-refractivity contribution in [2.75, 3.05) is 45.8 Å². The van der Waals surface area contributed by atoms with Gasteiger partial charge in [0, 0.05) is 26.8 Å². The number of ether oxygens (including phenoxy) is 2. The van der Waals surface area contributed by atoms with Gasteiger partial charge in [-0.1, -0.05) is 0 Å². The van der Waals surface area contributed by atoms with Crippen LogP contribution in [0.4, 0.5) is 11.5 Å². The molecule has 1 rings (SSSR count). The van der Waals surface area contributed by atoms with E-state index in [1.165, 1.54) is 6.07 Å². The number of amides is 1. The summed E-state index contributed by atoms with van der Waals surface area (Å²) >= 11 is 0. The molecule has 0 aromatic carbocycles. The second-order valence-electron chi connectivity index (χ2n) is 3.95. The molecule has 0 unspecified atom stereocenters. The highest BCUT2D eigenvalue weighted by molar-refractivity contribution is 5.98. The van der Waals surface area contributed by atoms with Crippen molar-refractivity contribution in [3.63, 3.8) is 0 Å². The van der Waals surface area contributed by atoms with Gasteiger partial charge in [-0.3, -0.25) is 14.9 Å². The van der Waals surface area contributed by atoms with Crippen LogP contribution >= 0.6 is 0 Å². The lowest BCUT2D eigenvalue weighted by Gasteiger charge is -2.07. The molecule has 0 bridgehead atoms. The molecule has 1 amide bonds. The Labute approximate surface area is 121 Å². The first kappa shape index (κ1) is 16.8. The highest BCUT2D eigenvalue weighted by atomic mass is 16.6. The van der Waals surface area contributed by atoms with Crippen molar-refractivity contribution in [2.45, 2.75) is 0 Å². The van der Waals surface area contributed by atoms with E-state index in [1.807, 2.05) is 0 Å². The number of nitro groups is 1.